The van der Waals surface area contributed by atoms with Crippen LogP contribution in [0.5, 0.6) is 5.75 Å². The average molecular weight is 437 g/mol. The lowest BCUT2D eigenvalue weighted by molar-refractivity contribution is -0.137. The molecule has 2 rings (SSSR count). The van der Waals surface area contributed by atoms with Crippen molar-refractivity contribution in [3.8, 4) is 5.75 Å². The van der Waals surface area contributed by atoms with Gasteiger partial charge in [0.25, 0.3) is 0 Å². The van der Waals surface area contributed by atoms with Gasteiger partial charge in [0.1, 0.15) is 12.3 Å². The van der Waals surface area contributed by atoms with Crippen molar-refractivity contribution in [3.05, 3.63) is 53.1 Å². The van der Waals surface area contributed by atoms with Crippen molar-refractivity contribution in [3.63, 3.8) is 0 Å². The number of rotatable bonds is 6. The lowest BCUT2D eigenvalue weighted by Gasteiger charge is -2.22. The molecule has 0 aliphatic heterocycles. The minimum Gasteiger partial charge on any atom is -0.495 e. The molecule has 152 valence electrons. The van der Waals surface area contributed by atoms with E-state index in [1.807, 2.05) is 0 Å². The second-order valence-corrected chi connectivity index (χ2v) is 8.03. The van der Waals surface area contributed by atoms with Gasteiger partial charge in [-0.3, -0.25) is 9.10 Å². The van der Waals surface area contributed by atoms with E-state index in [1.165, 1.54) is 25.3 Å². The Morgan fingerprint density at radius 2 is 1.79 bits per heavy atom. The van der Waals surface area contributed by atoms with Crippen molar-refractivity contribution >= 4 is 38.9 Å². The van der Waals surface area contributed by atoms with Gasteiger partial charge in [-0.2, -0.15) is 13.2 Å². The molecule has 0 bridgehead atoms. The Balaban J connectivity index is 2.21. The summed E-state index contributed by atoms with van der Waals surface area (Å²) >= 11 is 5.96. The lowest BCUT2D eigenvalue weighted by Crippen LogP contribution is -2.37. The fourth-order valence-electron chi connectivity index (χ4n) is 2.29. The van der Waals surface area contributed by atoms with Gasteiger partial charge >= 0.3 is 6.18 Å². The summed E-state index contributed by atoms with van der Waals surface area (Å²) in [6.45, 7) is -0.631. The molecule has 0 saturated carbocycles. The first-order chi connectivity index (χ1) is 12.9. The van der Waals surface area contributed by atoms with E-state index in [0.29, 0.717) is 15.7 Å². The van der Waals surface area contributed by atoms with Crippen molar-refractivity contribution in [1.82, 2.24) is 0 Å². The smallest absolute Gasteiger partial charge is 0.416 e. The maximum atomic E-state index is 12.7. The number of halogens is 4. The lowest BCUT2D eigenvalue weighted by atomic mass is 10.2. The number of amides is 1. The van der Waals surface area contributed by atoms with Crippen molar-refractivity contribution in [2.24, 2.45) is 0 Å². The van der Waals surface area contributed by atoms with Crippen LogP contribution in [-0.2, 0) is 21.0 Å². The van der Waals surface area contributed by atoms with Crippen LogP contribution in [0.2, 0.25) is 5.02 Å². The van der Waals surface area contributed by atoms with E-state index < -0.39 is 34.2 Å². The molecule has 2 aromatic rings. The van der Waals surface area contributed by atoms with Crippen molar-refractivity contribution in [1.29, 1.82) is 0 Å². The number of sulfonamides is 1. The number of carbonyl (C=O) groups excluding carboxylic acids is 1. The minimum atomic E-state index is -4.56. The number of benzene rings is 2. The largest absolute Gasteiger partial charge is 0.495 e. The molecule has 0 aromatic heterocycles. The summed E-state index contributed by atoms with van der Waals surface area (Å²) in [4.78, 5) is 12.3. The third-order valence-corrected chi connectivity index (χ3v) is 5.04. The molecule has 1 amide bonds. The number of ether oxygens (including phenoxy) is 1. The first-order valence-electron chi connectivity index (χ1n) is 7.70. The molecule has 0 saturated heterocycles. The highest BCUT2D eigenvalue weighted by Crippen LogP contribution is 2.31. The first kappa shape index (κ1) is 21.8. The van der Waals surface area contributed by atoms with Crippen LogP contribution in [0.3, 0.4) is 0 Å². The van der Waals surface area contributed by atoms with E-state index in [4.69, 9.17) is 16.3 Å². The molecule has 0 aliphatic carbocycles. The van der Waals surface area contributed by atoms with Crippen LogP contribution in [0.1, 0.15) is 5.56 Å². The van der Waals surface area contributed by atoms with E-state index >= 15 is 0 Å². The van der Waals surface area contributed by atoms with Crippen molar-refractivity contribution in [2.75, 3.05) is 29.5 Å². The van der Waals surface area contributed by atoms with Crippen LogP contribution in [0, 0.1) is 0 Å². The molecule has 28 heavy (non-hydrogen) atoms. The number of hydrogen-bond donors (Lipinski definition) is 1. The van der Waals surface area contributed by atoms with E-state index in [-0.39, 0.29) is 10.7 Å². The van der Waals surface area contributed by atoms with Crippen molar-refractivity contribution in [2.45, 2.75) is 6.18 Å². The number of anilines is 2. The van der Waals surface area contributed by atoms with Crippen LogP contribution in [0.25, 0.3) is 0 Å². The Hall–Kier alpha value is -2.46. The molecule has 2 aromatic carbocycles. The standard InChI is InChI=1S/C17H16ClF3N2O4S/c1-27-15-8-5-12(9-14(15)18)22-16(24)10-23(28(2,25)26)13-6-3-11(4-7-13)17(19,20)21/h3-9H,10H2,1-2H3,(H,22,24). The van der Waals surface area contributed by atoms with Crippen LogP contribution in [0.4, 0.5) is 24.5 Å². The minimum absolute atomic E-state index is 0.0709. The number of methoxy groups -OCH3 is 1. The van der Waals surface area contributed by atoms with Gasteiger partial charge in [0.2, 0.25) is 15.9 Å². The molecule has 6 nitrogen and oxygen atoms in total. The summed E-state index contributed by atoms with van der Waals surface area (Å²) in [5.74, 6) is -0.311. The molecule has 0 heterocycles. The van der Waals surface area contributed by atoms with Crippen LogP contribution < -0.4 is 14.4 Å². The van der Waals surface area contributed by atoms with Gasteiger partial charge in [-0.1, -0.05) is 11.6 Å². The molecule has 0 unspecified atom stereocenters. The number of nitrogens with one attached hydrogen (secondary N) is 1. The Bertz CT molecular complexity index is 963. The molecule has 0 atom stereocenters. The topological polar surface area (TPSA) is 75.7 Å². The number of alkyl halides is 3. The van der Waals surface area contributed by atoms with Gasteiger partial charge in [0.05, 0.1) is 29.6 Å². The molecule has 11 heteroatoms. The summed E-state index contributed by atoms with van der Waals surface area (Å²) in [6.07, 6.45) is -3.71. The summed E-state index contributed by atoms with van der Waals surface area (Å²) < 4.78 is 67.8. The van der Waals surface area contributed by atoms with Crippen LogP contribution in [0.15, 0.2) is 42.5 Å². The maximum absolute atomic E-state index is 12.7. The summed E-state index contributed by atoms with van der Waals surface area (Å²) in [7, 11) is -2.50. The zero-order valence-corrected chi connectivity index (χ0v) is 16.3. The molecular formula is C17H16ClF3N2O4S. The highest BCUT2D eigenvalue weighted by atomic mass is 35.5. The molecule has 0 radical (unpaired) electrons. The van der Waals surface area contributed by atoms with Crippen LogP contribution >= 0.6 is 11.6 Å². The normalized spacial score (nSPS) is 11.8. The SMILES string of the molecule is COc1ccc(NC(=O)CN(c2ccc(C(F)(F)F)cc2)S(C)(=O)=O)cc1Cl. The van der Waals surface area contributed by atoms with E-state index in [2.05, 4.69) is 5.32 Å². The predicted octanol–water partition coefficient (Wildman–Crippen LogP) is 3.77. The van der Waals surface area contributed by atoms with Gasteiger partial charge in [-0.15, -0.1) is 0 Å². The Morgan fingerprint density at radius 3 is 2.25 bits per heavy atom. The maximum Gasteiger partial charge on any atom is 0.416 e. The quantitative estimate of drug-likeness (QED) is 0.748. The van der Waals surface area contributed by atoms with Crippen LogP contribution in [-0.4, -0.2) is 34.2 Å². The molecular weight excluding hydrogens is 421 g/mol. The number of nitrogens with zero attached hydrogens (tertiary/aromatic N) is 1. The molecule has 1 N–H and O–H groups in total. The summed E-state index contributed by atoms with van der Waals surface area (Å²) in [5, 5.41) is 2.72. The predicted molar refractivity (Wildman–Crippen MR) is 100 cm³/mol. The first-order valence-corrected chi connectivity index (χ1v) is 9.93. The average Bonchev–Trinajstić information content (AvgIpc) is 2.58. The highest BCUT2D eigenvalue weighted by molar-refractivity contribution is 7.92. The van der Waals surface area contributed by atoms with Gasteiger partial charge < -0.3 is 10.1 Å². The summed E-state index contributed by atoms with van der Waals surface area (Å²) in [5.41, 5.74) is -0.697. The van der Waals surface area contributed by atoms with Gasteiger partial charge in [-0.25, -0.2) is 8.42 Å². The van der Waals surface area contributed by atoms with Gasteiger partial charge in [0, 0.05) is 5.69 Å². The summed E-state index contributed by atoms with van der Waals surface area (Å²) in [6, 6.07) is 7.90. The Labute approximate surface area is 164 Å². The monoisotopic (exact) mass is 436 g/mol. The van der Waals surface area contributed by atoms with E-state index in [9.17, 15) is 26.4 Å². The third-order valence-electron chi connectivity index (χ3n) is 3.61. The fourth-order valence-corrected chi connectivity index (χ4v) is 3.41. The van der Waals surface area contributed by atoms with E-state index in [0.717, 1.165) is 30.5 Å². The Morgan fingerprint density at radius 1 is 1.18 bits per heavy atom. The zero-order valence-electron chi connectivity index (χ0n) is 14.7. The second-order valence-electron chi connectivity index (χ2n) is 5.71. The zero-order chi connectivity index (χ0) is 21.1. The Kier molecular flexibility index (Phi) is 6.45. The molecule has 0 aliphatic rings. The number of hydrogen-bond acceptors (Lipinski definition) is 4. The molecule has 0 spiro atoms. The van der Waals surface area contributed by atoms with E-state index in [1.54, 1.807) is 0 Å². The van der Waals surface area contributed by atoms with Crippen molar-refractivity contribution < 1.29 is 31.1 Å². The van der Waals surface area contributed by atoms with Gasteiger partial charge in [0.15, 0.2) is 0 Å². The second kappa shape index (κ2) is 8.27. The molecule has 0 fully saturated rings. The highest BCUT2D eigenvalue weighted by Gasteiger charge is 2.30. The third kappa shape index (κ3) is 5.52. The number of carbonyl (C=O) groups is 1. The van der Waals surface area contributed by atoms with Gasteiger partial charge in [-0.05, 0) is 42.5 Å². The fraction of sp³-hybridized carbons (Fsp3) is 0.235.